The summed E-state index contributed by atoms with van der Waals surface area (Å²) in [7, 11) is 0. The molecule has 3 nitrogen and oxygen atoms in total. The summed E-state index contributed by atoms with van der Waals surface area (Å²) in [5, 5.41) is 3.59. The number of benzene rings is 1. The summed E-state index contributed by atoms with van der Waals surface area (Å²) in [5.74, 6) is 0. The fourth-order valence-corrected chi connectivity index (χ4v) is 2.69. The predicted molar refractivity (Wildman–Crippen MR) is 78.4 cm³/mol. The van der Waals surface area contributed by atoms with Crippen molar-refractivity contribution in [2.45, 2.75) is 13.0 Å². The molecule has 2 aromatic rings. The second-order valence-corrected chi connectivity index (χ2v) is 4.97. The normalized spacial score (nSPS) is 19.4. The van der Waals surface area contributed by atoms with Crippen LogP contribution in [-0.4, -0.2) is 24.6 Å². The van der Waals surface area contributed by atoms with Gasteiger partial charge >= 0.3 is 0 Å². The minimum Gasteiger partial charge on any atom is -0.367 e. The van der Waals surface area contributed by atoms with E-state index in [1.807, 2.05) is 12.3 Å². The molecule has 0 spiro atoms. The van der Waals surface area contributed by atoms with Crippen molar-refractivity contribution in [3.63, 3.8) is 0 Å². The number of rotatable bonds is 2. The first kappa shape index (κ1) is 12.2. The maximum absolute atomic E-state index is 4.39. The lowest BCUT2D eigenvalue weighted by molar-refractivity contribution is 0.471. The summed E-state index contributed by atoms with van der Waals surface area (Å²) in [6.07, 6.45) is 1.86. The monoisotopic (exact) mass is 253 g/mol. The molecule has 19 heavy (non-hydrogen) atoms. The summed E-state index contributed by atoms with van der Waals surface area (Å²) >= 11 is 0. The predicted octanol–water partition coefficient (Wildman–Crippen LogP) is 2.54. The fraction of sp³-hybridized carbons (Fsp3) is 0.312. The van der Waals surface area contributed by atoms with Crippen LogP contribution in [0.2, 0.25) is 0 Å². The number of hydrogen-bond donors (Lipinski definition) is 1. The van der Waals surface area contributed by atoms with Crippen LogP contribution in [0.25, 0.3) is 0 Å². The number of nitrogens with one attached hydrogen (secondary N) is 1. The third-order valence-electron chi connectivity index (χ3n) is 3.70. The molecule has 1 aromatic carbocycles. The van der Waals surface area contributed by atoms with E-state index in [1.165, 1.54) is 11.3 Å². The fourth-order valence-electron chi connectivity index (χ4n) is 2.69. The molecule has 1 aliphatic rings. The molecule has 3 heteroatoms. The average Bonchev–Trinajstić information content (AvgIpc) is 2.49. The largest absolute Gasteiger partial charge is 0.367 e. The summed E-state index contributed by atoms with van der Waals surface area (Å²) < 4.78 is 0. The third-order valence-corrected chi connectivity index (χ3v) is 3.70. The Morgan fingerprint density at radius 3 is 2.79 bits per heavy atom. The van der Waals surface area contributed by atoms with Gasteiger partial charge in [-0.3, -0.25) is 4.98 Å². The maximum Gasteiger partial charge on any atom is 0.0605 e. The second kappa shape index (κ2) is 5.41. The highest BCUT2D eigenvalue weighted by Crippen LogP contribution is 2.23. The van der Waals surface area contributed by atoms with Gasteiger partial charge in [-0.15, -0.1) is 0 Å². The van der Waals surface area contributed by atoms with Crippen LogP contribution in [0.1, 0.15) is 17.3 Å². The highest BCUT2D eigenvalue weighted by atomic mass is 15.2. The van der Waals surface area contributed by atoms with Crippen LogP contribution in [0.5, 0.6) is 0 Å². The van der Waals surface area contributed by atoms with E-state index in [2.05, 4.69) is 58.5 Å². The van der Waals surface area contributed by atoms with Crippen molar-refractivity contribution < 1.29 is 0 Å². The van der Waals surface area contributed by atoms with Crippen molar-refractivity contribution in [3.8, 4) is 0 Å². The van der Waals surface area contributed by atoms with E-state index < -0.39 is 0 Å². The Hall–Kier alpha value is -1.87. The van der Waals surface area contributed by atoms with E-state index in [9.17, 15) is 0 Å². The van der Waals surface area contributed by atoms with Gasteiger partial charge in [0.1, 0.15) is 0 Å². The SMILES string of the molecule is Cc1ncccc1N1CCNC(c2ccccc2)C1. The van der Waals surface area contributed by atoms with E-state index in [0.717, 1.165) is 25.3 Å². The molecular weight excluding hydrogens is 234 g/mol. The summed E-state index contributed by atoms with van der Waals surface area (Å²) in [5.41, 5.74) is 3.72. The zero-order chi connectivity index (χ0) is 13.1. The first-order chi connectivity index (χ1) is 9.34. The van der Waals surface area contributed by atoms with Gasteiger partial charge in [-0.05, 0) is 24.6 Å². The number of anilines is 1. The van der Waals surface area contributed by atoms with E-state index >= 15 is 0 Å². The lowest BCUT2D eigenvalue weighted by Gasteiger charge is -2.36. The molecule has 98 valence electrons. The van der Waals surface area contributed by atoms with Crippen LogP contribution in [0.4, 0.5) is 5.69 Å². The van der Waals surface area contributed by atoms with E-state index in [4.69, 9.17) is 0 Å². The van der Waals surface area contributed by atoms with Gasteiger partial charge in [0.2, 0.25) is 0 Å². The zero-order valence-electron chi connectivity index (χ0n) is 11.2. The van der Waals surface area contributed by atoms with Gasteiger partial charge in [0.25, 0.3) is 0 Å². The lowest BCUT2D eigenvalue weighted by Crippen LogP contribution is -2.46. The Labute approximate surface area is 114 Å². The molecular formula is C16H19N3. The number of pyridine rings is 1. The molecule has 0 amide bonds. The number of aromatic nitrogens is 1. The molecule has 0 radical (unpaired) electrons. The molecule has 1 atom stereocenters. The maximum atomic E-state index is 4.39. The molecule has 1 aliphatic heterocycles. The van der Waals surface area contributed by atoms with Gasteiger partial charge in [0.05, 0.1) is 11.4 Å². The standard InChI is InChI=1S/C16H19N3/c1-13-16(8-5-9-17-13)19-11-10-18-15(12-19)14-6-3-2-4-7-14/h2-9,15,18H,10-12H2,1H3. The van der Waals surface area contributed by atoms with Crippen molar-refractivity contribution in [2.24, 2.45) is 0 Å². The van der Waals surface area contributed by atoms with Crippen LogP contribution < -0.4 is 10.2 Å². The van der Waals surface area contributed by atoms with Crippen LogP contribution in [0.15, 0.2) is 48.7 Å². The minimum absolute atomic E-state index is 0.398. The first-order valence-corrected chi connectivity index (χ1v) is 6.79. The number of nitrogens with zero attached hydrogens (tertiary/aromatic N) is 2. The molecule has 1 aromatic heterocycles. The van der Waals surface area contributed by atoms with Crippen LogP contribution in [0, 0.1) is 6.92 Å². The molecule has 1 N–H and O–H groups in total. The van der Waals surface area contributed by atoms with Crippen molar-refractivity contribution in [1.29, 1.82) is 0 Å². The summed E-state index contributed by atoms with van der Waals surface area (Å²) in [4.78, 5) is 6.82. The Morgan fingerprint density at radius 1 is 1.16 bits per heavy atom. The minimum atomic E-state index is 0.398. The highest BCUT2D eigenvalue weighted by molar-refractivity contribution is 5.50. The van der Waals surface area contributed by atoms with Gasteiger partial charge in [0.15, 0.2) is 0 Å². The van der Waals surface area contributed by atoms with Crippen molar-refractivity contribution >= 4 is 5.69 Å². The Bertz CT molecular complexity index is 539. The van der Waals surface area contributed by atoms with Crippen LogP contribution >= 0.6 is 0 Å². The molecule has 2 heterocycles. The molecule has 0 aliphatic carbocycles. The Kier molecular flexibility index (Phi) is 3.47. The van der Waals surface area contributed by atoms with Gasteiger partial charge in [0, 0.05) is 31.9 Å². The molecule has 3 rings (SSSR count). The van der Waals surface area contributed by atoms with Gasteiger partial charge in [-0.1, -0.05) is 30.3 Å². The van der Waals surface area contributed by atoms with Gasteiger partial charge in [-0.2, -0.15) is 0 Å². The lowest BCUT2D eigenvalue weighted by atomic mass is 10.0. The van der Waals surface area contributed by atoms with E-state index in [-0.39, 0.29) is 0 Å². The molecule has 0 bridgehead atoms. The smallest absolute Gasteiger partial charge is 0.0605 e. The number of aryl methyl sites for hydroxylation is 1. The molecule has 1 saturated heterocycles. The summed E-state index contributed by atoms with van der Waals surface area (Å²) in [6.45, 7) is 5.12. The highest BCUT2D eigenvalue weighted by Gasteiger charge is 2.21. The van der Waals surface area contributed by atoms with E-state index in [0.29, 0.717) is 6.04 Å². The molecule has 0 saturated carbocycles. The molecule has 1 fully saturated rings. The van der Waals surface area contributed by atoms with E-state index in [1.54, 1.807) is 0 Å². The number of piperazine rings is 1. The zero-order valence-corrected chi connectivity index (χ0v) is 11.2. The third kappa shape index (κ3) is 2.61. The van der Waals surface area contributed by atoms with Crippen LogP contribution in [-0.2, 0) is 0 Å². The van der Waals surface area contributed by atoms with Gasteiger partial charge < -0.3 is 10.2 Å². The average molecular weight is 253 g/mol. The van der Waals surface area contributed by atoms with Crippen molar-refractivity contribution in [3.05, 3.63) is 59.9 Å². The van der Waals surface area contributed by atoms with Crippen molar-refractivity contribution in [2.75, 3.05) is 24.5 Å². The Balaban J connectivity index is 1.81. The topological polar surface area (TPSA) is 28.2 Å². The quantitative estimate of drug-likeness (QED) is 0.891. The Morgan fingerprint density at radius 2 is 2.00 bits per heavy atom. The first-order valence-electron chi connectivity index (χ1n) is 6.79. The second-order valence-electron chi connectivity index (χ2n) is 4.97. The van der Waals surface area contributed by atoms with Gasteiger partial charge in [-0.25, -0.2) is 0 Å². The number of hydrogen-bond acceptors (Lipinski definition) is 3. The van der Waals surface area contributed by atoms with Crippen molar-refractivity contribution in [1.82, 2.24) is 10.3 Å². The summed E-state index contributed by atoms with van der Waals surface area (Å²) in [6, 6.07) is 15.2. The van der Waals surface area contributed by atoms with Crippen LogP contribution in [0.3, 0.4) is 0 Å². The molecule has 1 unspecified atom stereocenters.